The molecule has 1 saturated carbocycles. The molecular formula is C15H23N3O2. The summed E-state index contributed by atoms with van der Waals surface area (Å²) < 4.78 is 5.04. The molecular weight excluding hydrogens is 254 g/mol. The highest BCUT2D eigenvalue weighted by Crippen LogP contribution is 2.34. The molecule has 0 saturated heterocycles. The molecule has 0 aromatic carbocycles. The molecule has 0 unspecified atom stereocenters. The van der Waals surface area contributed by atoms with E-state index < -0.39 is 0 Å². The monoisotopic (exact) mass is 277 g/mol. The summed E-state index contributed by atoms with van der Waals surface area (Å²) in [4.78, 5) is 18.5. The molecule has 2 rings (SSSR count). The van der Waals surface area contributed by atoms with Crippen LogP contribution in [0.25, 0.3) is 0 Å². The summed E-state index contributed by atoms with van der Waals surface area (Å²) in [6, 6.07) is 2.15. The summed E-state index contributed by atoms with van der Waals surface area (Å²) in [5, 5.41) is 0. The fourth-order valence-corrected chi connectivity index (χ4v) is 2.25. The number of rotatable bonds is 7. The molecule has 1 fully saturated rings. The second kappa shape index (κ2) is 6.59. The molecule has 110 valence electrons. The lowest BCUT2D eigenvalue weighted by Gasteiger charge is -2.25. The Morgan fingerprint density at radius 3 is 2.85 bits per heavy atom. The maximum Gasteiger partial charge on any atom is 0.340 e. The van der Waals surface area contributed by atoms with E-state index in [-0.39, 0.29) is 5.97 Å². The van der Waals surface area contributed by atoms with Crippen molar-refractivity contribution in [3.8, 4) is 0 Å². The summed E-state index contributed by atoms with van der Waals surface area (Å²) in [5.74, 6) is 0.353. The van der Waals surface area contributed by atoms with Crippen molar-refractivity contribution >= 4 is 17.5 Å². The van der Waals surface area contributed by atoms with E-state index in [2.05, 4.69) is 16.8 Å². The molecule has 5 heteroatoms. The average Bonchev–Trinajstić information content (AvgIpc) is 3.25. The number of carbonyl (C=O) groups excluding carboxylic acids is 1. The van der Waals surface area contributed by atoms with E-state index in [0.717, 1.165) is 25.2 Å². The molecule has 20 heavy (non-hydrogen) atoms. The van der Waals surface area contributed by atoms with Gasteiger partial charge in [-0.3, -0.25) is 0 Å². The Morgan fingerprint density at radius 1 is 1.50 bits per heavy atom. The van der Waals surface area contributed by atoms with Gasteiger partial charge < -0.3 is 15.4 Å². The minimum atomic E-state index is -0.375. The molecule has 0 amide bonds. The highest BCUT2D eigenvalue weighted by Gasteiger charge is 2.31. The second-order valence-corrected chi connectivity index (χ2v) is 5.09. The Kier molecular flexibility index (Phi) is 4.82. The van der Waals surface area contributed by atoms with Crippen molar-refractivity contribution in [1.82, 2.24) is 4.98 Å². The normalized spacial score (nSPS) is 14.1. The second-order valence-electron chi connectivity index (χ2n) is 5.09. The predicted octanol–water partition coefficient (Wildman–Crippen LogP) is 2.61. The van der Waals surface area contributed by atoms with E-state index in [4.69, 9.17) is 10.5 Å². The lowest BCUT2D eigenvalue weighted by atomic mass is 10.2. The molecule has 1 aromatic rings. The number of nitrogens with two attached hydrogens (primary N) is 1. The van der Waals surface area contributed by atoms with Crippen molar-refractivity contribution in [2.75, 3.05) is 23.8 Å². The third-order valence-corrected chi connectivity index (χ3v) is 3.48. The van der Waals surface area contributed by atoms with Crippen LogP contribution in [0.5, 0.6) is 0 Å². The number of aromatic nitrogens is 1. The third-order valence-electron chi connectivity index (χ3n) is 3.48. The smallest absolute Gasteiger partial charge is 0.340 e. The summed E-state index contributed by atoms with van der Waals surface area (Å²) in [6.07, 6.45) is 6.21. The van der Waals surface area contributed by atoms with Gasteiger partial charge in [-0.25, -0.2) is 9.78 Å². The summed E-state index contributed by atoms with van der Waals surface area (Å²) >= 11 is 0. The van der Waals surface area contributed by atoms with Gasteiger partial charge in [0.15, 0.2) is 5.82 Å². The van der Waals surface area contributed by atoms with Crippen LogP contribution in [-0.4, -0.2) is 30.1 Å². The first kappa shape index (κ1) is 14.6. The first-order chi connectivity index (χ1) is 9.69. The Bertz CT molecular complexity index is 472. The van der Waals surface area contributed by atoms with Gasteiger partial charge in [-0.2, -0.15) is 0 Å². The number of unbranched alkanes of at least 4 members (excludes halogenated alkanes) is 1. The molecule has 1 aliphatic carbocycles. The largest absolute Gasteiger partial charge is 0.462 e. The molecule has 1 aliphatic rings. The van der Waals surface area contributed by atoms with Gasteiger partial charge in [0.05, 0.1) is 17.9 Å². The molecule has 0 spiro atoms. The van der Waals surface area contributed by atoms with E-state index in [1.54, 1.807) is 19.2 Å². The molecule has 2 N–H and O–H groups in total. The topological polar surface area (TPSA) is 68.5 Å². The number of hydrogen-bond acceptors (Lipinski definition) is 5. The SMILES string of the molecule is CCCCN(c1nccc(C(=O)OCC)c1N)C1CC1. The van der Waals surface area contributed by atoms with Crippen LogP contribution in [0, 0.1) is 0 Å². The van der Waals surface area contributed by atoms with Crippen LogP contribution in [0.1, 0.15) is 49.9 Å². The van der Waals surface area contributed by atoms with Gasteiger partial charge in [0.25, 0.3) is 0 Å². The van der Waals surface area contributed by atoms with E-state index in [9.17, 15) is 4.79 Å². The van der Waals surface area contributed by atoms with Crippen molar-refractivity contribution in [3.63, 3.8) is 0 Å². The molecule has 1 heterocycles. The van der Waals surface area contributed by atoms with Crippen LogP contribution < -0.4 is 10.6 Å². The number of ether oxygens (including phenoxy) is 1. The average molecular weight is 277 g/mol. The minimum absolute atomic E-state index is 0.345. The number of esters is 1. The standard InChI is InChI=1S/C15H23N3O2/c1-3-5-10-18(11-6-7-11)14-13(16)12(8-9-17-14)15(19)20-4-2/h8-9,11H,3-7,10,16H2,1-2H3. The lowest BCUT2D eigenvalue weighted by Crippen LogP contribution is -2.29. The summed E-state index contributed by atoms with van der Waals surface area (Å²) in [6.45, 7) is 5.23. The van der Waals surface area contributed by atoms with Crippen molar-refractivity contribution in [3.05, 3.63) is 17.8 Å². The molecule has 0 aliphatic heterocycles. The van der Waals surface area contributed by atoms with Crippen molar-refractivity contribution in [2.45, 2.75) is 45.6 Å². The van der Waals surface area contributed by atoms with Crippen LogP contribution in [0.2, 0.25) is 0 Å². The van der Waals surface area contributed by atoms with E-state index >= 15 is 0 Å². The first-order valence-corrected chi connectivity index (χ1v) is 7.37. The highest BCUT2D eigenvalue weighted by molar-refractivity contribution is 5.97. The van der Waals surface area contributed by atoms with Gasteiger partial charge in [0, 0.05) is 18.8 Å². The van der Waals surface area contributed by atoms with Gasteiger partial charge in [0.2, 0.25) is 0 Å². The van der Waals surface area contributed by atoms with Gasteiger partial charge >= 0.3 is 5.97 Å². The number of nitrogen functional groups attached to an aromatic ring is 1. The quantitative estimate of drug-likeness (QED) is 0.776. The number of nitrogens with zero attached hydrogens (tertiary/aromatic N) is 2. The van der Waals surface area contributed by atoms with E-state index in [1.807, 2.05) is 0 Å². The van der Waals surface area contributed by atoms with Crippen molar-refractivity contribution in [1.29, 1.82) is 0 Å². The zero-order valence-electron chi connectivity index (χ0n) is 12.3. The fraction of sp³-hybridized carbons (Fsp3) is 0.600. The van der Waals surface area contributed by atoms with E-state index in [1.165, 1.54) is 12.8 Å². The molecule has 1 aromatic heterocycles. The molecule has 0 bridgehead atoms. The van der Waals surface area contributed by atoms with Crippen LogP contribution in [0.15, 0.2) is 12.3 Å². The lowest BCUT2D eigenvalue weighted by molar-refractivity contribution is 0.0527. The fourth-order valence-electron chi connectivity index (χ4n) is 2.25. The number of pyridine rings is 1. The Balaban J connectivity index is 2.25. The van der Waals surface area contributed by atoms with E-state index in [0.29, 0.717) is 23.9 Å². The Morgan fingerprint density at radius 2 is 2.25 bits per heavy atom. The van der Waals surface area contributed by atoms with Crippen molar-refractivity contribution in [2.24, 2.45) is 0 Å². The van der Waals surface area contributed by atoms with Crippen molar-refractivity contribution < 1.29 is 9.53 Å². The number of hydrogen-bond donors (Lipinski definition) is 1. The summed E-state index contributed by atoms with van der Waals surface area (Å²) in [7, 11) is 0. The third kappa shape index (κ3) is 3.21. The number of anilines is 2. The van der Waals surface area contributed by atoms with Gasteiger partial charge in [0.1, 0.15) is 0 Å². The van der Waals surface area contributed by atoms with Crippen LogP contribution in [0.3, 0.4) is 0 Å². The Labute approximate surface area is 120 Å². The zero-order valence-corrected chi connectivity index (χ0v) is 12.3. The summed E-state index contributed by atoms with van der Waals surface area (Å²) in [5.41, 5.74) is 7.00. The molecule has 0 atom stereocenters. The van der Waals surface area contributed by atoms with Gasteiger partial charge in [-0.15, -0.1) is 0 Å². The van der Waals surface area contributed by atoms with Crippen LogP contribution in [0.4, 0.5) is 11.5 Å². The first-order valence-electron chi connectivity index (χ1n) is 7.37. The predicted molar refractivity (Wildman–Crippen MR) is 79.9 cm³/mol. The molecule has 0 radical (unpaired) electrons. The minimum Gasteiger partial charge on any atom is -0.462 e. The maximum atomic E-state index is 11.9. The molecule has 5 nitrogen and oxygen atoms in total. The Hall–Kier alpha value is -1.78. The van der Waals surface area contributed by atoms with Crippen LogP contribution >= 0.6 is 0 Å². The van der Waals surface area contributed by atoms with Gasteiger partial charge in [-0.05, 0) is 32.3 Å². The maximum absolute atomic E-state index is 11.9. The highest BCUT2D eigenvalue weighted by atomic mass is 16.5. The zero-order chi connectivity index (χ0) is 14.5. The van der Waals surface area contributed by atoms with Gasteiger partial charge in [-0.1, -0.05) is 13.3 Å². The number of carbonyl (C=O) groups is 1. The van der Waals surface area contributed by atoms with Crippen LogP contribution in [-0.2, 0) is 4.74 Å².